The highest BCUT2D eigenvalue weighted by molar-refractivity contribution is 5.68. The van der Waals surface area contributed by atoms with E-state index < -0.39 is 5.60 Å². The molecule has 1 aliphatic rings. The van der Waals surface area contributed by atoms with Crippen LogP contribution in [-0.2, 0) is 4.74 Å². The van der Waals surface area contributed by atoms with Crippen LogP contribution >= 0.6 is 0 Å². The van der Waals surface area contributed by atoms with Gasteiger partial charge in [-0.3, -0.25) is 0 Å². The molecule has 0 unspecified atom stereocenters. The first-order valence-electron chi connectivity index (χ1n) is 7.94. The summed E-state index contributed by atoms with van der Waals surface area (Å²) in [5.41, 5.74) is 2.41. The Labute approximate surface area is 138 Å². The smallest absolute Gasteiger partial charge is 0.410 e. The van der Waals surface area contributed by atoms with Gasteiger partial charge in [0, 0.05) is 18.8 Å². The number of rotatable bonds is 0. The average Bonchev–Trinajstić information content (AvgIpc) is 2.46. The van der Waals surface area contributed by atoms with Crippen LogP contribution in [0.2, 0.25) is 0 Å². The van der Waals surface area contributed by atoms with Gasteiger partial charge in [-0.2, -0.15) is 0 Å². The first-order valence-corrected chi connectivity index (χ1v) is 7.94. The summed E-state index contributed by atoms with van der Waals surface area (Å²) in [5.74, 6) is 6.10. The van der Waals surface area contributed by atoms with Crippen molar-refractivity contribution >= 4 is 6.09 Å². The lowest BCUT2D eigenvalue weighted by atomic mass is 10.0. The van der Waals surface area contributed by atoms with Crippen LogP contribution in [0.25, 0.3) is 0 Å². The molecule has 2 heterocycles. The molecule has 0 bridgehead atoms. The zero-order valence-electron chi connectivity index (χ0n) is 14.3. The number of aromatic nitrogens is 1. The number of carbonyl (C=O) groups excluding carboxylic acids is 1. The van der Waals surface area contributed by atoms with Crippen LogP contribution in [0.15, 0.2) is 29.8 Å². The first kappa shape index (κ1) is 17.1. The number of nitrogens with zero attached hydrogens (tertiary/aromatic N) is 2. The van der Waals surface area contributed by atoms with E-state index in [-0.39, 0.29) is 6.09 Å². The molecule has 4 nitrogen and oxygen atoms in total. The lowest BCUT2D eigenvalue weighted by Crippen LogP contribution is -2.40. The summed E-state index contributed by atoms with van der Waals surface area (Å²) >= 11 is 0. The number of pyridine rings is 1. The van der Waals surface area contributed by atoms with E-state index >= 15 is 0 Å². The van der Waals surface area contributed by atoms with E-state index in [2.05, 4.69) is 16.8 Å². The molecule has 1 aliphatic heterocycles. The minimum absolute atomic E-state index is 0.253. The summed E-state index contributed by atoms with van der Waals surface area (Å²) in [6.07, 6.45) is 3.56. The number of hydrogen-bond acceptors (Lipinski definition) is 3. The van der Waals surface area contributed by atoms with Crippen LogP contribution in [0.3, 0.4) is 0 Å². The Balaban J connectivity index is 2.00. The highest BCUT2D eigenvalue weighted by Gasteiger charge is 2.24. The molecule has 0 aliphatic carbocycles. The number of amides is 1. The normalized spacial score (nSPS) is 16.7. The molecule has 2 rings (SSSR count). The summed E-state index contributed by atoms with van der Waals surface area (Å²) in [5, 5.41) is 0. The van der Waals surface area contributed by atoms with E-state index in [4.69, 9.17) is 4.74 Å². The molecule has 4 heteroatoms. The summed E-state index contributed by atoms with van der Waals surface area (Å²) < 4.78 is 5.43. The third-order valence-electron chi connectivity index (χ3n) is 3.34. The minimum Gasteiger partial charge on any atom is -0.444 e. The first-order chi connectivity index (χ1) is 10.8. The van der Waals surface area contributed by atoms with Gasteiger partial charge >= 0.3 is 6.09 Å². The molecule has 122 valence electrons. The second-order valence-corrected chi connectivity index (χ2v) is 6.74. The SMILES string of the molecule is Cc1cccc(C#C/C=C2\CCCN(C(=O)OC(C)(C)C)C2)n1. The van der Waals surface area contributed by atoms with Crippen LogP contribution in [0, 0.1) is 18.8 Å². The summed E-state index contributed by atoms with van der Waals surface area (Å²) in [4.78, 5) is 18.2. The van der Waals surface area contributed by atoms with Gasteiger partial charge in [-0.15, -0.1) is 0 Å². The van der Waals surface area contributed by atoms with E-state index in [1.807, 2.05) is 52.0 Å². The van der Waals surface area contributed by atoms with Crippen LogP contribution in [0.1, 0.15) is 45.0 Å². The number of piperidine rings is 1. The molecule has 23 heavy (non-hydrogen) atoms. The quantitative estimate of drug-likeness (QED) is 0.686. The predicted molar refractivity (Wildman–Crippen MR) is 91.0 cm³/mol. The lowest BCUT2D eigenvalue weighted by Gasteiger charge is -2.31. The fourth-order valence-corrected chi connectivity index (χ4v) is 2.33. The second-order valence-electron chi connectivity index (χ2n) is 6.74. The maximum Gasteiger partial charge on any atom is 0.410 e. The van der Waals surface area contributed by atoms with Crippen molar-refractivity contribution in [2.45, 2.75) is 46.1 Å². The molecule has 0 atom stereocenters. The third-order valence-corrected chi connectivity index (χ3v) is 3.34. The molecular weight excluding hydrogens is 288 g/mol. The molecule has 0 radical (unpaired) electrons. The summed E-state index contributed by atoms with van der Waals surface area (Å²) in [6, 6.07) is 5.79. The van der Waals surface area contributed by atoms with Gasteiger partial charge in [0.2, 0.25) is 0 Å². The Morgan fingerprint density at radius 3 is 2.87 bits per heavy atom. The van der Waals surface area contributed by atoms with Crippen molar-refractivity contribution < 1.29 is 9.53 Å². The van der Waals surface area contributed by atoms with Crippen LogP contribution in [0.5, 0.6) is 0 Å². The van der Waals surface area contributed by atoms with Gasteiger partial charge in [0.1, 0.15) is 11.3 Å². The standard InChI is InChI=1S/C19H24N2O2/c1-15-8-5-11-17(20-15)12-6-9-16-10-7-13-21(14-16)18(22)23-19(2,3)4/h5,8-9,11H,7,10,13-14H2,1-4H3/b16-9+. The van der Waals surface area contributed by atoms with Gasteiger partial charge in [-0.05, 0) is 70.2 Å². The lowest BCUT2D eigenvalue weighted by molar-refractivity contribution is 0.0247. The van der Waals surface area contributed by atoms with Crippen LogP contribution in [-0.4, -0.2) is 34.7 Å². The molecule has 1 saturated heterocycles. The van der Waals surface area contributed by atoms with E-state index in [1.54, 1.807) is 4.90 Å². The number of aryl methyl sites for hydroxylation is 1. The number of ether oxygens (including phenoxy) is 1. The Kier molecular flexibility index (Phi) is 5.44. The van der Waals surface area contributed by atoms with Crippen molar-refractivity contribution in [2.24, 2.45) is 0 Å². The van der Waals surface area contributed by atoms with E-state index in [1.165, 1.54) is 0 Å². The number of hydrogen-bond donors (Lipinski definition) is 0. The van der Waals surface area contributed by atoms with Gasteiger partial charge in [0.25, 0.3) is 0 Å². The van der Waals surface area contributed by atoms with Gasteiger partial charge in [-0.1, -0.05) is 12.0 Å². The van der Waals surface area contributed by atoms with E-state index in [9.17, 15) is 4.79 Å². The van der Waals surface area contributed by atoms with E-state index in [0.717, 1.165) is 36.3 Å². The Hall–Kier alpha value is -2.28. The monoisotopic (exact) mass is 312 g/mol. The van der Waals surface area contributed by atoms with Crippen LogP contribution < -0.4 is 0 Å². The molecule has 1 amide bonds. The largest absolute Gasteiger partial charge is 0.444 e. The van der Waals surface area contributed by atoms with Gasteiger partial charge < -0.3 is 9.64 Å². The number of carbonyl (C=O) groups is 1. The van der Waals surface area contributed by atoms with Crippen LogP contribution in [0.4, 0.5) is 4.79 Å². The molecule has 1 fully saturated rings. The number of allylic oxidation sites excluding steroid dienone is 1. The summed E-state index contributed by atoms with van der Waals surface area (Å²) in [7, 11) is 0. The fraction of sp³-hybridized carbons (Fsp3) is 0.474. The van der Waals surface area contributed by atoms with Gasteiger partial charge in [0.05, 0.1) is 0 Å². The zero-order chi connectivity index (χ0) is 16.9. The van der Waals surface area contributed by atoms with Crippen molar-refractivity contribution in [1.29, 1.82) is 0 Å². The summed E-state index contributed by atoms with van der Waals surface area (Å²) in [6.45, 7) is 8.91. The van der Waals surface area contributed by atoms with Crippen molar-refractivity contribution in [2.75, 3.05) is 13.1 Å². The molecule has 0 saturated carbocycles. The third kappa shape index (κ3) is 5.78. The molecule has 0 spiro atoms. The highest BCUT2D eigenvalue weighted by atomic mass is 16.6. The Morgan fingerprint density at radius 2 is 2.17 bits per heavy atom. The molecule has 0 N–H and O–H groups in total. The van der Waals surface area contributed by atoms with Gasteiger partial charge in [0.15, 0.2) is 0 Å². The van der Waals surface area contributed by atoms with Crippen molar-refractivity contribution in [1.82, 2.24) is 9.88 Å². The topological polar surface area (TPSA) is 42.4 Å². The van der Waals surface area contributed by atoms with Crippen molar-refractivity contribution in [3.8, 4) is 11.8 Å². The molecule has 1 aromatic heterocycles. The Bertz CT molecular complexity index is 660. The van der Waals surface area contributed by atoms with Crippen molar-refractivity contribution in [3.63, 3.8) is 0 Å². The maximum absolute atomic E-state index is 12.1. The number of likely N-dealkylation sites (tertiary alicyclic amines) is 1. The molecule has 0 aromatic carbocycles. The fourth-order valence-electron chi connectivity index (χ4n) is 2.33. The van der Waals surface area contributed by atoms with Crippen molar-refractivity contribution in [3.05, 3.63) is 41.2 Å². The minimum atomic E-state index is -0.463. The van der Waals surface area contributed by atoms with Gasteiger partial charge in [-0.25, -0.2) is 9.78 Å². The molecular formula is C19H24N2O2. The predicted octanol–water partition coefficient (Wildman–Crippen LogP) is 3.70. The second kappa shape index (κ2) is 7.32. The maximum atomic E-state index is 12.1. The molecule has 1 aromatic rings. The Morgan fingerprint density at radius 1 is 1.39 bits per heavy atom. The highest BCUT2D eigenvalue weighted by Crippen LogP contribution is 2.18. The van der Waals surface area contributed by atoms with E-state index in [0.29, 0.717) is 6.54 Å². The zero-order valence-corrected chi connectivity index (χ0v) is 14.3. The average molecular weight is 312 g/mol.